The minimum Gasteiger partial charge on any atom is -0.296 e. The van der Waals surface area contributed by atoms with Crippen molar-refractivity contribution < 1.29 is 4.79 Å². The molecule has 0 spiro atoms. The van der Waals surface area contributed by atoms with Gasteiger partial charge in [0, 0.05) is 12.1 Å². The van der Waals surface area contributed by atoms with Crippen molar-refractivity contribution in [1.82, 2.24) is 0 Å². The topological polar surface area (TPSA) is 29.4 Å². The lowest BCUT2D eigenvalue weighted by molar-refractivity contribution is -0.104. The quantitative estimate of drug-likeness (QED) is 0.535. The molecule has 0 aromatic carbocycles. The largest absolute Gasteiger partial charge is 0.296 e. The molecule has 0 saturated heterocycles. The predicted molar refractivity (Wildman–Crippen MR) is 48.0 cm³/mol. The Balaban J connectivity index is 2.31. The number of allylic oxidation sites excluding steroid dienone is 6. The minimum absolute atomic E-state index is 0.368. The lowest BCUT2D eigenvalue weighted by Gasteiger charge is -2.17. The summed E-state index contributed by atoms with van der Waals surface area (Å²) < 4.78 is 0. The Hall–Kier alpha value is -1.44. The number of rotatable bonds is 1. The van der Waals surface area contributed by atoms with Gasteiger partial charge in [-0.1, -0.05) is 18.2 Å². The smallest absolute Gasteiger partial charge is 0.168 e. The van der Waals surface area contributed by atoms with Crippen LogP contribution in [0.3, 0.4) is 0 Å². The van der Waals surface area contributed by atoms with Crippen LogP contribution in [0.4, 0.5) is 0 Å². The normalized spacial score (nSPS) is 25.8. The van der Waals surface area contributed by atoms with E-state index in [1.54, 1.807) is 6.21 Å². The molecule has 0 aromatic rings. The second kappa shape index (κ2) is 2.89. The fourth-order valence-corrected chi connectivity index (χ4v) is 1.43. The second-order valence-corrected chi connectivity index (χ2v) is 2.90. The molecule has 0 saturated carbocycles. The van der Waals surface area contributed by atoms with Crippen LogP contribution < -0.4 is 0 Å². The summed E-state index contributed by atoms with van der Waals surface area (Å²) in [5, 5.41) is 0. The predicted octanol–water partition coefficient (Wildman–Crippen LogP) is 1.66. The van der Waals surface area contributed by atoms with Crippen molar-refractivity contribution in [1.29, 1.82) is 0 Å². The van der Waals surface area contributed by atoms with Crippen molar-refractivity contribution in [3.8, 4) is 0 Å². The lowest BCUT2D eigenvalue weighted by Crippen LogP contribution is -2.09. The molecular formula is C10H9NO. The summed E-state index contributed by atoms with van der Waals surface area (Å²) in [6.07, 6.45) is 11.6. The van der Waals surface area contributed by atoms with Gasteiger partial charge in [0.05, 0.1) is 5.70 Å². The van der Waals surface area contributed by atoms with Gasteiger partial charge in [-0.25, -0.2) is 0 Å². The fraction of sp³-hybridized carbons (Fsp3) is 0.200. The summed E-state index contributed by atoms with van der Waals surface area (Å²) in [6.45, 7) is 0. The molecule has 1 aliphatic carbocycles. The van der Waals surface area contributed by atoms with E-state index in [0.717, 1.165) is 12.7 Å². The molecule has 0 amide bonds. The molecule has 0 fully saturated rings. The highest BCUT2D eigenvalue weighted by Crippen LogP contribution is 2.24. The van der Waals surface area contributed by atoms with Gasteiger partial charge in [-0.05, 0) is 18.1 Å². The molecule has 0 aromatic heterocycles. The van der Waals surface area contributed by atoms with Gasteiger partial charge < -0.3 is 0 Å². The molecule has 60 valence electrons. The Labute approximate surface area is 71.0 Å². The molecule has 0 N–H and O–H groups in total. The summed E-state index contributed by atoms with van der Waals surface area (Å²) in [5.74, 6) is 0.368. The number of aldehydes is 1. The molecule has 2 nitrogen and oxygen atoms in total. The summed E-state index contributed by atoms with van der Waals surface area (Å²) in [7, 11) is 0. The molecule has 2 heteroatoms. The maximum atomic E-state index is 10.4. The van der Waals surface area contributed by atoms with Crippen molar-refractivity contribution in [3.63, 3.8) is 0 Å². The van der Waals surface area contributed by atoms with E-state index in [-0.39, 0.29) is 0 Å². The number of carbonyl (C=O) groups is 1. The molecular weight excluding hydrogens is 150 g/mol. The molecule has 1 aliphatic heterocycles. The number of nitrogens with zero attached hydrogens (tertiary/aromatic N) is 1. The average molecular weight is 159 g/mol. The van der Waals surface area contributed by atoms with Gasteiger partial charge in [0.1, 0.15) is 0 Å². The molecule has 1 heterocycles. The van der Waals surface area contributed by atoms with Gasteiger partial charge >= 0.3 is 0 Å². The van der Waals surface area contributed by atoms with E-state index in [4.69, 9.17) is 0 Å². The highest BCUT2D eigenvalue weighted by Gasteiger charge is 2.15. The van der Waals surface area contributed by atoms with Crippen molar-refractivity contribution in [2.75, 3.05) is 0 Å². The Bertz CT molecular complexity index is 321. The van der Waals surface area contributed by atoms with Crippen molar-refractivity contribution in [2.45, 2.75) is 6.42 Å². The molecule has 1 atom stereocenters. The molecule has 12 heavy (non-hydrogen) atoms. The van der Waals surface area contributed by atoms with E-state index in [9.17, 15) is 4.79 Å². The van der Waals surface area contributed by atoms with Crippen LogP contribution in [0.25, 0.3) is 0 Å². The van der Waals surface area contributed by atoms with Crippen molar-refractivity contribution in [3.05, 3.63) is 35.6 Å². The van der Waals surface area contributed by atoms with Gasteiger partial charge in [-0.2, -0.15) is 0 Å². The summed E-state index contributed by atoms with van der Waals surface area (Å²) in [6, 6.07) is 0. The van der Waals surface area contributed by atoms with Crippen LogP contribution in [-0.2, 0) is 4.79 Å². The highest BCUT2D eigenvalue weighted by molar-refractivity contribution is 5.88. The third-order valence-electron chi connectivity index (χ3n) is 2.10. The first-order chi connectivity index (χ1) is 5.90. The lowest BCUT2D eigenvalue weighted by atomic mass is 9.90. The first-order valence-electron chi connectivity index (χ1n) is 3.98. The van der Waals surface area contributed by atoms with E-state index < -0.39 is 0 Å². The van der Waals surface area contributed by atoms with E-state index in [2.05, 4.69) is 11.1 Å². The summed E-state index contributed by atoms with van der Waals surface area (Å²) in [5.41, 5.74) is 1.75. The van der Waals surface area contributed by atoms with Gasteiger partial charge in [-0.3, -0.25) is 9.79 Å². The van der Waals surface area contributed by atoms with Crippen LogP contribution in [-0.4, -0.2) is 12.5 Å². The third kappa shape index (κ3) is 1.16. The molecule has 0 radical (unpaired) electrons. The third-order valence-corrected chi connectivity index (χ3v) is 2.10. The van der Waals surface area contributed by atoms with Gasteiger partial charge in [0.2, 0.25) is 0 Å². The Morgan fingerprint density at radius 2 is 2.50 bits per heavy atom. The zero-order valence-electron chi connectivity index (χ0n) is 6.60. The fourth-order valence-electron chi connectivity index (χ4n) is 1.43. The van der Waals surface area contributed by atoms with Crippen LogP contribution in [0.1, 0.15) is 6.42 Å². The number of hydrogen-bond donors (Lipinski definition) is 0. The maximum absolute atomic E-state index is 10.4. The molecule has 2 rings (SSSR count). The zero-order chi connectivity index (χ0) is 8.39. The van der Waals surface area contributed by atoms with E-state index in [1.165, 1.54) is 5.57 Å². The van der Waals surface area contributed by atoms with Crippen LogP contribution in [0.2, 0.25) is 0 Å². The van der Waals surface area contributed by atoms with Gasteiger partial charge in [-0.15, -0.1) is 0 Å². The Morgan fingerprint density at radius 3 is 3.33 bits per heavy atom. The summed E-state index contributed by atoms with van der Waals surface area (Å²) >= 11 is 0. The number of hydrogen-bond acceptors (Lipinski definition) is 2. The Morgan fingerprint density at radius 1 is 1.58 bits per heavy atom. The number of carbonyl (C=O) groups excluding carboxylic acids is 1. The van der Waals surface area contributed by atoms with Crippen LogP contribution in [0.15, 0.2) is 40.6 Å². The molecule has 0 bridgehead atoms. The maximum Gasteiger partial charge on any atom is 0.168 e. The van der Waals surface area contributed by atoms with E-state index >= 15 is 0 Å². The van der Waals surface area contributed by atoms with Crippen LogP contribution >= 0.6 is 0 Å². The van der Waals surface area contributed by atoms with Crippen LogP contribution in [0, 0.1) is 5.92 Å². The zero-order valence-corrected chi connectivity index (χ0v) is 6.60. The van der Waals surface area contributed by atoms with Crippen LogP contribution in [0.5, 0.6) is 0 Å². The van der Waals surface area contributed by atoms with Gasteiger partial charge in [0.25, 0.3) is 0 Å². The SMILES string of the molecule is O=CC1=CC2CC=CC=C2C=N1. The number of fused-ring (bicyclic) bond motifs is 1. The number of aliphatic imine (C=N–C) groups is 1. The van der Waals surface area contributed by atoms with Gasteiger partial charge in [0.15, 0.2) is 6.29 Å². The standard InChI is InChI=1S/C10H9NO/c12-7-10-5-8-3-1-2-4-9(8)6-11-10/h1-2,4-8H,3H2. The molecule has 1 unspecified atom stereocenters. The average Bonchev–Trinajstić information content (AvgIpc) is 2.17. The van der Waals surface area contributed by atoms with Crippen molar-refractivity contribution >= 4 is 12.5 Å². The van der Waals surface area contributed by atoms with E-state index in [0.29, 0.717) is 11.6 Å². The monoisotopic (exact) mass is 159 g/mol. The first-order valence-corrected chi connectivity index (χ1v) is 3.98. The summed E-state index contributed by atoms with van der Waals surface area (Å²) in [4.78, 5) is 14.4. The van der Waals surface area contributed by atoms with Crippen molar-refractivity contribution in [2.24, 2.45) is 10.9 Å². The second-order valence-electron chi connectivity index (χ2n) is 2.90. The Kier molecular flexibility index (Phi) is 1.74. The first kappa shape index (κ1) is 7.22. The molecule has 2 aliphatic rings. The van der Waals surface area contributed by atoms with E-state index in [1.807, 2.05) is 18.2 Å². The highest BCUT2D eigenvalue weighted by atomic mass is 16.1. The minimum atomic E-state index is 0.368.